The average molecular weight is 145 g/mol. The SMILES string of the molecule is CC(O)NCC1CCCO1. The van der Waals surface area contributed by atoms with Crippen molar-refractivity contribution in [3.63, 3.8) is 0 Å². The molecule has 3 heteroatoms. The van der Waals surface area contributed by atoms with Crippen LogP contribution in [0.15, 0.2) is 0 Å². The number of aliphatic hydroxyl groups is 1. The predicted octanol–water partition coefficient (Wildman–Crippen LogP) is 0.0933. The molecule has 60 valence electrons. The summed E-state index contributed by atoms with van der Waals surface area (Å²) in [6.07, 6.45) is 2.20. The van der Waals surface area contributed by atoms with Gasteiger partial charge in [-0.3, -0.25) is 5.32 Å². The van der Waals surface area contributed by atoms with Crippen molar-refractivity contribution in [2.24, 2.45) is 0 Å². The molecule has 2 N–H and O–H groups in total. The lowest BCUT2D eigenvalue weighted by molar-refractivity contribution is 0.0841. The Balaban J connectivity index is 2.01. The quantitative estimate of drug-likeness (QED) is 0.553. The van der Waals surface area contributed by atoms with Gasteiger partial charge in [-0.25, -0.2) is 0 Å². The summed E-state index contributed by atoms with van der Waals surface area (Å²) in [7, 11) is 0. The summed E-state index contributed by atoms with van der Waals surface area (Å²) in [5.74, 6) is 0. The molecule has 0 amide bonds. The van der Waals surface area contributed by atoms with Crippen molar-refractivity contribution in [3.8, 4) is 0 Å². The minimum atomic E-state index is -0.413. The Morgan fingerprint density at radius 2 is 2.60 bits per heavy atom. The highest BCUT2D eigenvalue weighted by Crippen LogP contribution is 2.10. The summed E-state index contributed by atoms with van der Waals surface area (Å²) in [5, 5.41) is 11.8. The maximum absolute atomic E-state index is 8.85. The molecule has 10 heavy (non-hydrogen) atoms. The molecule has 0 spiro atoms. The lowest BCUT2D eigenvalue weighted by atomic mass is 10.2. The van der Waals surface area contributed by atoms with Gasteiger partial charge in [0.2, 0.25) is 0 Å². The van der Waals surface area contributed by atoms with E-state index in [1.165, 1.54) is 0 Å². The van der Waals surface area contributed by atoms with Gasteiger partial charge >= 0.3 is 0 Å². The zero-order chi connectivity index (χ0) is 7.40. The van der Waals surface area contributed by atoms with Crippen LogP contribution >= 0.6 is 0 Å². The normalized spacial score (nSPS) is 28.8. The molecule has 3 nitrogen and oxygen atoms in total. The summed E-state index contributed by atoms with van der Waals surface area (Å²) in [5.41, 5.74) is 0. The van der Waals surface area contributed by atoms with Crippen LogP contribution < -0.4 is 5.32 Å². The number of aliphatic hydroxyl groups excluding tert-OH is 1. The fraction of sp³-hybridized carbons (Fsp3) is 1.00. The topological polar surface area (TPSA) is 41.5 Å². The molecule has 1 aliphatic heterocycles. The largest absolute Gasteiger partial charge is 0.379 e. The first kappa shape index (κ1) is 7.98. The Labute approximate surface area is 61.4 Å². The van der Waals surface area contributed by atoms with Crippen LogP contribution in [-0.4, -0.2) is 30.6 Å². The fourth-order valence-corrected chi connectivity index (χ4v) is 1.11. The Bertz CT molecular complexity index is 89.6. The Kier molecular flexibility index (Phi) is 3.12. The van der Waals surface area contributed by atoms with Crippen molar-refractivity contribution < 1.29 is 9.84 Å². The molecular formula is C7H15NO2. The second-order valence-corrected chi connectivity index (χ2v) is 2.72. The Morgan fingerprint density at radius 3 is 3.10 bits per heavy atom. The summed E-state index contributed by atoms with van der Waals surface area (Å²) >= 11 is 0. The first-order valence-corrected chi connectivity index (χ1v) is 3.82. The molecule has 0 aliphatic carbocycles. The summed E-state index contributed by atoms with van der Waals surface area (Å²) in [6.45, 7) is 3.37. The van der Waals surface area contributed by atoms with Crippen LogP contribution in [0.5, 0.6) is 0 Å². The Hall–Kier alpha value is -0.120. The smallest absolute Gasteiger partial charge is 0.102 e. The van der Waals surface area contributed by atoms with Crippen LogP contribution in [0.2, 0.25) is 0 Å². The Morgan fingerprint density at radius 1 is 1.80 bits per heavy atom. The van der Waals surface area contributed by atoms with E-state index in [1.807, 2.05) is 0 Å². The molecule has 0 saturated carbocycles. The lowest BCUT2D eigenvalue weighted by Crippen LogP contribution is -2.33. The van der Waals surface area contributed by atoms with Crippen molar-refractivity contribution in [2.75, 3.05) is 13.2 Å². The van der Waals surface area contributed by atoms with Crippen molar-refractivity contribution in [1.29, 1.82) is 0 Å². The van der Waals surface area contributed by atoms with Crippen molar-refractivity contribution in [3.05, 3.63) is 0 Å². The third-order valence-electron chi connectivity index (χ3n) is 1.66. The van der Waals surface area contributed by atoms with E-state index >= 15 is 0 Å². The molecule has 2 atom stereocenters. The van der Waals surface area contributed by atoms with Gasteiger partial charge in [-0.1, -0.05) is 0 Å². The van der Waals surface area contributed by atoms with Crippen LogP contribution in [0.4, 0.5) is 0 Å². The van der Waals surface area contributed by atoms with Crippen molar-refractivity contribution in [2.45, 2.75) is 32.1 Å². The molecule has 1 saturated heterocycles. The minimum absolute atomic E-state index is 0.328. The number of rotatable bonds is 3. The fourth-order valence-electron chi connectivity index (χ4n) is 1.11. The summed E-state index contributed by atoms with van der Waals surface area (Å²) < 4.78 is 5.33. The first-order valence-electron chi connectivity index (χ1n) is 3.82. The highest BCUT2D eigenvalue weighted by atomic mass is 16.5. The van der Waals surface area contributed by atoms with E-state index in [-0.39, 0.29) is 0 Å². The number of nitrogens with one attached hydrogen (secondary N) is 1. The first-order chi connectivity index (χ1) is 4.79. The molecule has 1 rings (SSSR count). The van der Waals surface area contributed by atoms with E-state index in [9.17, 15) is 0 Å². The van der Waals surface area contributed by atoms with Gasteiger partial charge in [-0.2, -0.15) is 0 Å². The van der Waals surface area contributed by atoms with Gasteiger partial charge in [0.05, 0.1) is 6.10 Å². The van der Waals surface area contributed by atoms with Gasteiger partial charge in [0, 0.05) is 13.2 Å². The van der Waals surface area contributed by atoms with Crippen molar-refractivity contribution >= 4 is 0 Å². The second-order valence-electron chi connectivity index (χ2n) is 2.72. The third kappa shape index (κ3) is 2.64. The maximum Gasteiger partial charge on any atom is 0.102 e. The monoisotopic (exact) mass is 145 g/mol. The van der Waals surface area contributed by atoms with E-state index in [1.54, 1.807) is 6.92 Å². The predicted molar refractivity (Wildman–Crippen MR) is 38.7 cm³/mol. The summed E-state index contributed by atoms with van der Waals surface area (Å²) in [6, 6.07) is 0. The van der Waals surface area contributed by atoms with Crippen LogP contribution in [0, 0.1) is 0 Å². The van der Waals surface area contributed by atoms with Crippen molar-refractivity contribution in [1.82, 2.24) is 5.32 Å². The second kappa shape index (κ2) is 3.91. The van der Waals surface area contributed by atoms with Gasteiger partial charge < -0.3 is 9.84 Å². The third-order valence-corrected chi connectivity index (χ3v) is 1.66. The molecule has 0 radical (unpaired) electrons. The minimum Gasteiger partial charge on any atom is -0.379 e. The number of ether oxygens (including phenoxy) is 1. The van der Waals surface area contributed by atoms with Crippen LogP contribution in [0.1, 0.15) is 19.8 Å². The molecule has 0 aromatic rings. The van der Waals surface area contributed by atoms with Gasteiger partial charge in [0.25, 0.3) is 0 Å². The molecule has 2 unspecified atom stereocenters. The van der Waals surface area contributed by atoms with Gasteiger partial charge in [-0.05, 0) is 19.8 Å². The molecule has 0 bridgehead atoms. The molecule has 0 aromatic carbocycles. The molecule has 0 aromatic heterocycles. The molecule has 1 fully saturated rings. The van der Waals surface area contributed by atoms with Gasteiger partial charge in [-0.15, -0.1) is 0 Å². The van der Waals surface area contributed by atoms with E-state index < -0.39 is 6.23 Å². The van der Waals surface area contributed by atoms with Crippen LogP contribution in [-0.2, 0) is 4.74 Å². The van der Waals surface area contributed by atoms with E-state index in [0.717, 1.165) is 26.0 Å². The van der Waals surface area contributed by atoms with E-state index in [4.69, 9.17) is 9.84 Å². The number of hydrogen-bond acceptors (Lipinski definition) is 3. The summed E-state index contributed by atoms with van der Waals surface area (Å²) in [4.78, 5) is 0. The maximum atomic E-state index is 8.85. The zero-order valence-corrected chi connectivity index (χ0v) is 6.34. The lowest BCUT2D eigenvalue weighted by Gasteiger charge is -2.11. The van der Waals surface area contributed by atoms with E-state index in [2.05, 4.69) is 5.32 Å². The molecule has 1 aliphatic rings. The molecule has 1 heterocycles. The molecular weight excluding hydrogens is 130 g/mol. The van der Waals surface area contributed by atoms with Gasteiger partial charge in [0.15, 0.2) is 0 Å². The van der Waals surface area contributed by atoms with Gasteiger partial charge in [0.1, 0.15) is 6.23 Å². The average Bonchev–Trinajstić information content (AvgIpc) is 2.34. The zero-order valence-electron chi connectivity index (χ0n) is 6.34. The highest BCUT2D eigenvalue weighted by Gasteiger charge is 2.14. The number of hydrogen-bond donors (Lipinski definition) is 2. The van der Waals surface area contributed by atoms with E-state index in [0.29, 0.717) is 6.10 Å². The highest BCUT2D eigenvalue weighted by molar-refractivity contribution is 4.67. The standard InChI is InChI=1S/C7H15NO2/c1-6(9)8-5-7-3-2-4-10-7/h6-9H,2-5H2,1H3. The van der Waals surface area contributed by atoms with Crippen LogP contribution in [0.25, 0.3) is 0 Å². The van der Waals surface area contributed by atoms with Crippen LogP contribution in [0.3, 0.4) is 0 Å².